The Hall–Kier alpha value is -1.84. The van der Waals surface area contributed by atoms with Gasteiger partial charge in [-0.2, -0.15) is 0 Å². The summed E-state index contributed by atoms with van der Waals surface area (Å²) >= 11 is 0. The third-order valence-electron chi connectivity index (χ3n) is 2.91. The van der Waals surface area contributed by atoms with E-state index in [9.17, 15) is 9.59 Å². The summed E-state index contributed by atoms with van der Waals surface area (Å²) in [5, 5.41) is 8.38. The molecule has 1 N–H and O–H groups in total. The lowest BCUT2D eigenvalue weighted by atomic mass is 10.2. The molecule has 0 amide bonds. The van der Waals surface area contributed by atoms with Gasteiger partial charge in [0.1, 0.15) is 6.10 Å². The summed E-state index contributed by atoms with van der Waals surface area (Å²) in [6, 6.07) is 8.30. The Morgan fingerprint density at radius 3 is 2.21 bits per heavy atom. The molecular formula is C15H20O4. The Morgan fingerprint density at radius 1 is 1.21 bits per heavy atom. The number of hydrogen-bond donors (Lipinski definition) is 1. The number of rotatable bonds is 3. The van der Waals surface area contributed by atoms with Gasteiger partial charge in [0, 0.05) is 6.42 Å². The molecule has 19 heavy (non-hydrogen) atoms. The predicted molar refractivity (Wildman–Crippen MR) is 72.0 cm³/mol. The van der Waals surface area contributed by atoms with Crippen molar-refractivity contribution in [3.05, 3.63) is 35.9 Å². The number of benzene rings is 1. The van der Waals surface area contributed by atoms with Crippen molar-refractivity contribution in [3.63, 3.8) is 0 Å². The van der Waals surface area contributed by atoms with Crippen LogP contribution >= 0.6 is 0 Å². The van der Waals surface area contributed by atoms with Gasteiger partial charge < -0.3 is 9.84 Å². The quantitative estimate of drug-likeness (QED) is 0.851. The van der Waals surface area contributed by atoms with Crippen molar-refractivity contribution >= 4 is 11.9 Å². The third kappa shape index (κ3) is 6.04. The fourth-order valence-corrected chi connectivity index (χ4v) is 1.86. The van der Waals surface area contributed by atoms with E-state index in [1.54, 1.807) is 30.3 Å². The molecule has 104 valence electrons. The van der Waals surface area contributed by atoms with E-state index in [-0.39, 0.29) is 12.1 Å². The Balaban J connectivity index is 0.000000191. The third-order valence-corrected chi connectivity index (χ3v) is 2.91. The zero-order valence-electron chi connectivity index (χ0n) is 11.2. The molecule has 0 bridgehead atoms. The number of hydrogen-bond acceptors (Lipinski definition) is 3. The molecule has 0 aromatic heterocycles. The largest absolute Gasteiger partial charge is 0.478 e. The van der Waals surface area contributed by atoms with Gasteiger partial charge in [0.05, 0.1) is 5.56 Å². The molecule has 1 fully saturated rings. The van der Waals surface area contributed by atoms with Gasteiger partial charge in [0.2, 0.25) is 0 Å². The van der Waals surface area contributed by atoms with Crippen LogP contribution in [0.5, 0.6) is 0 Å². The average Bonchev–Trinajstić information content (AvgIpc) is 2.93. The molecule has 1 saturated carbocycles. The number of carbonyl (C=O) groups excluding carboxylic acids is 1. The van der Waals surface area contributed by atoms with Crippen molar-refractivity contribution < 1.29 is 19.4 Å². The first-order valence-corrected chi connectivity index (χ1v) is 6.61. The number of carboxylic acid groups (broad SMARTS) is 1. The first-order chi connectivity index (χ1) is 9.13. The van der Waals surface area contributed by atoms with Gasteiger partial charge in [-0.05, 0) is 37.8 Å². The topological polar surface area (TPSA) is 63.6 Å². The molecule has 2 rings (SSSR count). The number of carbonyl (C=O) groups is 2. The van der Waals surface area contributed by atoms with Crippen molar-refractivity contribution in [1.29, 1.82) is 0 Å². The second-order valence-electron chi connectivity index (χ2n) is 4.42. The van der Waals surface area contributed by atoms with Gasteiger partial charge in [0.25, 0.3) is 0 Å². The Kier molecular flexibility index (Phi) is 6.64. The normalized spacial score (nSPS) is 14.4. The van der Waals surface area contributed by atoms with Crippen LogP contribution in [0.3, 0.4) is 0 Å². The van der Waals surface area contributed by atoms with Crippen molar-refractivity contribution in [2.75, 3.05) is 0 Å². The smallest absolute Gasteiger partial charge is 0.335 e. The Bertz CT molecular complexity index is 394. The van der Waals surface area contributed by atoms with Crippen molar-refractivity contribution in [2.45, 2.75) is 45.1 Å². The Labute approximate surface area is 113 Å². The average molecular weight is 264 g/mol. The highest BCUT2D eigenvalue weighted by Crippen LogP contribution is 2.21. The van der Waals surface area contributed by atoms with Gasteiger partial charge in [-0.3, -0.25) is 4.79 Å². The van der Waals surface area contributed by atoms with Crippen LogP contribution in [0.2, 0.25) is 0 Å². The van der Waals surface area contributed by atoms with E-state index in [4.69, 9.17) is 9.84 Å². The van der Waals surface area contributed by atoms with Crippen LogP contribution in [0.25, 0.3) is 0 Å². The van der Waals surface area contributed by atoms with Crippen molar-refractivity contribution in [3.8, 4) is 0 Å². The van der Waals surface area contributed by atoms with Crippen molar-refractivity contribution in [2.24, 2.45) is 0 Å². The van der Waals surface area contributed by atoms with Crippen LogP contribution in [-0.4, -0.2) is 23.1 Å². The number of ether oxygens (including phenoxy) is 1. The first kappa shape index (κ1) is 15.2. The van der Waals surface area contributed by atoms with Crippen LogP contribution in [-0.2, 0) is 9.53 Å². The van der Waals surface area contributed by atoms with Gasteiger partial charge in [-0.15, -0.1) is 0 Å². The molecule has 0 aliphatic heterocycles. The van der Waals surface area contributed by atoms with E-state index in [0.29, 0.717) is 12.0 Å². The van der Waals surface area contributed by atoms with Gasteiger partial charge in [-0.1, -0.05) is 25.1 Å². The fraction of sp³-hybridized carbons (Fsp3) is 0.467. The van der Waals surface area contributed by atoms with Crippen molar-refractivity contribution in [1.82, 2.24) is 0 Å². The van der Waals surface area contributed by atoms with Crippen LogP contribution in [0.15, 0.2) is 30.3 Å². The molecular weight excluding hydrogens is 244 g/mol. The lowest BCUT2D eigenvalue weighted by Gasteiger charge is -2.09. The number of carboxylic acids is 1. The zero-order valence-corrected chi connectivity index (χ0v) is 11.2. The Morgan fingerprint density at radius 2 is 1.79 bits per heavy atom. The molecule has 1 aliphatic rings. The predicted octanol–water partition coefficient (Wildman–Crippen LogP) is 3.27. The highest BCUT2D eigenvalue weighted by atomic mass is 16.5. The molecule has 0 unspecified atom stereocenters. The van der Waals surface area contributed by atoms with E-state index in [0.717, 1.165) is 12.8 Å². The second kappa shape index (κ2) is 8.29. The lowest BCUT2D eigenvalue weighted by Crippen LogP contribution is -2.13. The molecule has 1 aliphatic carbocycles. The molecule has 0 heterocycles. The minimum absolute atomic E-state index is 0.0492. The summed E-state index contributed by atoms with van der Waals surface area (Å²) in [5.74, 6) is -0.928. The first-order valence-electron chi connectivity index (χ1n) is 6.61. The fourth-order valence-electron chi connectivity index (χ4n) is 1.86. The highest BCUT2D eigenvalue weighted by molar-refractivity contribution is 5.87. The maximum atomic E-state index is 10.7. The maximum absolute atomic E-state index is 10.7. The summed E-state index contributed by atoms with van der Waals surface area (Å²) in [5.41, 5.74) is 0.331. The SMILES string of the molecule is CCC(=O)OC1CCCC1.O=C(O)c1ccccc1. The second-order valence-corrected chi connectivity index (χ2v) is 4.42. The minimum Gasteiger partial charge on any atom is -0.478 e. The number of esters is 1. The van der Waals surface area contributed by atoms with Gasteiger partial charge >= 0.3 is 11.9 Å². The lowest BCUT2D eigenvalue weighted by molar-refractivity contribution is -0.148. The van der Waals surface area contributed by atoms with E-state index < -0.39 is 5.97 Å². The standard InChI is InChI=1S/C8H14O2.C7H6O2/c1-2-8(9)10-7-5-3-4-6-7;8-7(9)6-4-2-1-3-5-6/h7H,2-6H2,1H3;1-5H,(H,8,9). The molecule has 0 radical (unpaired) electrons. The monoisotopic (exact) mass is 264 g/mol. The van der Waals surface area contributed by atoms with Crippen LogP contribution in [0.1, 0.15) is 49.4 Å². The van der Waals surface area contributed by atoms with E-state index in [1.807, 2.05) is 6.92 Å². The summed E-state index contributed by atoms with van der Waals surface area (Å²) in [7, 11) is 0. The molecule has 4 nitrogen and oxygen atoms in total. The van der Waals surface area contributed by atoms with E-state index >= 15 is 0 Å². The van der Waals surface area contributed by atoms with Crippen LogP contribution in [0, 0.1) is 0 Å². The summed E-state index contributed by atoms with van der Waals surface area (Å²) in [6.07, 6.45) is 5.35. The van der Waals surface area contributed by atoms with Gasteiger partial charge in [0.15, 0.2) is 0 Å². The molecule has 1 aromatic carbocycles. The number of aromatic carboxylic acids is 1. The summed E-state index contributed by atoms with van der Waals surface area (Å²) in [4.78, 5) is 20.9. The summed E-state index contributed by atoms with van der Waals surface area (Å²) < 4.78 is 5.12. The molecule has 4 heteroatoms. The molecule has 0 saturated heterocycles. The van der Waals surface area contributed by atoms with Gasteiger partial charge in [-0.25, -0.2) is 4.79 Å². The molecule has 1 aromatic rings. The highest BCUT2D eigenvalue weighted by Gasteiger charge is 2.17. The minimum atomic E-state index is -0.879. The zero-order chi connectivity index (χ0) is 14.1. The van der Waals surface area contributed by atoms with E-state index in [2.05, 4.69) is 0 Å². The van der Waals surface area contributed by atoms with Crippen LogP contribution in [0.4, 0.5) is 0 Å². The summed E-state index contributed by atoms with van der Waals surface area (Å²) in [6.45, 7) is 1.83. The van der Waals surface area contributed by atoms with Crippen LogP contribution < -0.4 is 0 Å². The molecule has 0 spiro atoms. The maximum Gasteiger partial charge on any atom is 0.335 e. The molecule has 0 atom stereocenters. The van der Waals surface area contributed by atoms with E-state index in [1.165, 1.54) is 12.8 Å².